The molecule has 3 heterocycles. The van der Waals surface area contributed by atoms with Gasteiger partial charge in [0.2, 0.25) is 6.79 Å². The lowest BCUT2D eigenvalue weighted by Gasteiger charge is -2.33. The van der Waals surface area contributed by atoms with Gasteiger partial charge >= 0.3 is 0 Å². The van der Waals surface area contributed by atoms with Crippen LogP contribution >= 0.6 is 0 Å². The van der Waals surface area contributed by atoms with Crippen LogP contribution in [0.4, 0.5) is 0 Å². The smallest absolute Gasteiger partial charge is 0.264 e. The van der Waals surface area contributed by atoms with Crippen LogP contribution in [0.3, 0.4) is 0 Å². The summed E-state index contributed by atoms with van der Waals surface area (Å²) in [5.74, 6) is 1.54. The normalized spacial score (nSPS) is 26.3. The number of nitrogens with zero attached hydrogens (tertiary/aromatic N) is 1. The Hall–Kier alpha value is -2.99. The average Bonchev–Trinajstić information content (AvgIpc) is 3.25. The highest BCUT2D eigenvalue weighted by molar-refractivity contribution is 5.97. The first-order valence-corrected chi connectivity index (χ1v) is 8.73. The quantitative estimate of drug-likeness (QED) is 0.870. The largest absolute Gasteiger partial charge is 0.454 e. The zero-order valence-electron chi connectivity index (χ0n) is 14.3. The minimum atomic E-state index is -0.148. The number of amides is 1. The van der Waals surface area contributed by atoms with E-state index >= 15 is 0 Å². The van der Waals surface area contributed by atoms with E-state index in [-0.39, 0.29) is 30.8 Å². The van der Waals surface area contributed by atoms with Crippen LogP contribution in [-0.2, 0) is 4.79 Å². The van der Waals surface area contributed by atoms with E-state index in [1.807, 2.05) is 36.4 Å². The van der Waals surface area contributed by atoms with Crippen molar-refractivity contribution in [2.75, 3.05) is 6.79 Å². The van der Waals surface area contributed by atoms with E-state index in [4.69, 9.17) is 9.47 Å². The molecule has 2 N–H and O–H groups in total. The molecule has 6 heteroatoms. The van der Waals surface area contributed by atoms with Crippen molar-refractivity contribution in [2.45, 2.75) is 25.0 Å². The molecular formula is C20H19N3O3. The number of carbonyl (C=O) groups excluding carboxylic acids is 1. The minimum absolute atomic E-state index is 0.0494. The van der Waals surface area contributed by atoms with E-state index in [2.05, 4.69) is 29.8 Å². The molecule has 1 fully saturated rings. The summed E-state index contributed by atoms with van der Waals surface area (Å²) in [7, 11) is 0. The summed E-state index contributed by atoms with van der Waals surface area (Å²) in [5.41, 5.74) is 6.21. The summed E-state index contributed by atoms with van der Waals surface area (Å²) < 4.78 is 10.8. The Morgan fingerprint density at radius 1 is 1.08 bits per heavy atom. The summed E-state index contributed by atoms with van der Waals surface area (Å²) in [6.07, 6.45) is 1.48. The van der Waals surface area contributed by atoms with Gasteiger partial charge < -0.3 is 14.8 Å². The molecule has 6 nitrogen and oxygen atoms in total. The van der Waals surface area contributed by atoms with Crippen LogP contribution in [0.15, 0.2) is 54.6 Å². The SMILES string of the molecule is CC1NN2C(=O)C=C(c3ccc4c(c3)OCO4)NC2C1c1ccccc1. The number of carbonyl (C=O) groups is 1. The highest BCUT2D eigenvalue weighted by Crippen LogP contribution is 2.37. The Balaban J connectivity index is 1.50. The molecule has 0 radical (unpaired) electrons. The van der Waals surface area contributed by atoms with Crippen molar-refractivity contribution in [1.82, 2.24) is 15.8 Å². The maximum Gasteiger partial charge on any atom is 0.264 e. The number of nitrogens with one attached hydrogen (secondary N) is 2. The molecule has 132 valence electrons. The predicted molar refractivity (Wildman–Crippen MR) is 96.1 cm³/mol. The van der Waals surface area contributed by atoms with Gasteiger partial charge in [0.1, 0.15) is 6.17 Å². The Morgan fingerprint density at radius 2 is 1.88 bits per heavy atom. The Kier molecular flexibility index (Phi) is 3.39. The summed E-state index contributed by atoms with van der Waals surface area (Å²) in [6.45, 7) is 2.34. The van der Waals surface area contributed by atoms with E-state index in [1.165, 1.54) is 5.56 Å². The lowest BCUT2D eigenvalue weighted by molar-refractivity contribution is -0.130. The van der Waals surface area contributed by atoms with Gasteiger partial charge in [-0.3, -0.25) is 9.80 Å². The van der Waals surface area contributed by atoms with Gasteiger partial charge in [0.15, 0.2) is 11.5 Å². The summed E-state index contributed by atoms with van der Waals surface area (Å²) in [4.78, 5) is 12.7. The van der Waals surface area contributed by atoms with Crippen molar-refractivity contribution in [1.29, 1.82) is 0 Å². The van der Waals surface area contributed by atoms with Gasteiger partial charge in [-0.2, -0.15) is 0 Å². The van der Waals surface area contributed by atoms with Gasteiger partial charge in [0.05, 0.1) is 0 Å². The second-order valence-corrected chi connectivity index (χ2v) is 6.78. The molecule has 3 aliphatic rings. The molecule has 1 saturated heterocycles. The molecule has 0 spiro atoms. The van der Waals surface area contributed by atoms with Crippen LogP contribution in [0.5, 0.6) is 11.5 Å². The summed E-state index contributed by atoms with van der Waals surface area (Å²) >= 11 is 0. The molecule has 0 bridgehead atoms. The second-order valence-electron chi connectivity index (χ2n) is 6.78. The topological polar surface area (TPSA) is 62.8 Å². The second kappa shape index (κ2) is 5.78. The number of hydrogen-bond donors (Lipinski definition) is 2. The van der Waals surface area contributed by atoms with Crippen LogP contribution in [-0.4, -0.2) is 29.9 Å². The molecule has 3 unspecified atom stereocenters. The molecule has 1 amide bonds. The maximum absolute atomic E-state index is 12.7. The number of fused-ring (bicyclic) bond motifs is 2. The van der Waals surface area contributed by atoms with Crippen molar-refractivity contribution in [3.63, 3.8) is 0 Å². The number of hydrazine groups is 1. The van der Waals surface area contributed by atoms with Crippen LogP contribution in [0.25, 0.3) is 5.70 Å². The molecule has 0 saturated carbocycles. The van der Waals surface area contributed by atoms with E-state index < -0.39 is 0 Å². The highest BCUT2D eigenvalue weighted by atomic mass is 16.7. The van der Waals surface area contributed by atoms with Crippen LogP contribution in [0.2, 0.25) is 0 Å². The lowest BCUT2D eigenvalue weighted by atomic mass is 9.90. The Morgan fingerprint density at radius 3 is 2.73 bits per heavy atom. The third kappa shape index (κ3) is 2.34. The Labute approximate surface area is 151 Å². The van der Waals surface area contributed by atoms with Crippen molar-refractivity contribution in [3.05, 3.63) is 65.7 Å². The van der Waals surface area contributed by atoms with E-state index in [1.54, 1.807) is 11.1 Å². The molecule has 5 rings (SSSR count). The van der Waals surface area contributed by atoms with Gasteiger partial charge in [-0.1, -0.05) is 30.3 Å². The number of benzene rings is 2. The van der Waals surface area contributed by atoms with Crippen molar-refractivity contribution in [3.8, 4) is 11.5 Å². The highest BCUT2D eigenvalue weighted by Gasteiger charge is 2.44. The van der Waals surface area contributed by atoms with Crippen LogP contribution in [0, 0.1) is 0 Å². The first-order chi connectivity index (χ1) is 12.7. The zero-order chi connectivity index (χ0) is 17.7. The van der Waals surface area contributed by atoms with Gasteiger partial charge in [-0.05, 0) is 30.7 Å². The third-order valence-electron chi connectivity index (χ3n) is 5.18. The fourth-order valence-corrected chi connectivity index (χ4v) is 3.94. The number of rotatable bonds is 2. The van der Waals surface area contributed by atoms with Gasteiger partial charge in [-0.25, -0.2) is 5.43 Å². The molecule has 2 aromatic rings. The zero-order valence-corrected chi connectivity index (χ0v) is 14.3. The third-order valence-corrected chi connectivity index (χ3v) is 5.18. The molecule has 0 aliphatic carbocycles. The van der Waals surface area contributed by atoms with E-state index in [9.17, 15) is 4.79 Å². The molecule has 26 heavy (non-hydrogen) atoms. The minimum Gasteiger partial charge on any atom is -0.454 e. The maximum atomic E-state index is 12.7. The molecular weight excluding hydrogens is 330 g/mol. The molecule has 3 aliphatic heterocycles. The summed E-state index contributed by atoms with van der Waals surface area (Å²) in [6, 6.07) is 16.2. The molecule has 2 aromatic carbocycles. The number of hydrogen-bond acceptors (Lipinski definition) is 5. The Bertz CT molecular complexity index is 896. The molecule has 0 aromatic heterocycles. The van der Waals surface area contributed by atoms with Gasteiger partial charge in [0.25, 0.3) is 5.91 Å². The fraction of sp³-hybridized carbons (Fsp3) is 0.250. The van der Waals surface area contributed by atoms with E-state index in [0.717, 1.165) is 17.0 Å². The predicted octanol–water partition coefficient (Wildman–Crippen LogP) is 2.20. The molecule has 3 atom stereocenters. The van der Waals surface area contributed by atoms with Crippen molar-refractivity contribution in [2.24, 2.45) is 0 Å². The van der Waals surface area contributed by atoms with Crippen molar-refractivity contribution >= 4 is 11.6 Å². The van der Waals surface area contributed by atoms with Crippen molar-refractivity contribution < 1.29 is 14.3 Å². The van der Waals surface area contributed by atoms with Crippen LogP contribution in [0.1, 0.15) is 24.0 Å². The summed E-state index contributed by atoms with van der Waals surface area (Å²) in [5, 5.41) is 5.23. The first-order valence-electron chi connectivity index (χ1n) is 8.73. The monoisotopic (exact) mass is 349 g/mol. The number of ether oxygens (including phenoxy) is 2. The van der Waals surface area contributed by atoms with Gasteiger partial charge in [-0.15, -0.1) is 0 Å². The first kappa shape index (κ1) is 15.3. The van der Waals surface area contributed by atoms with E-state index in [0.29, 0.717) is 5.75 Å². The lowest BCUT2D eigenvalue weighted by Crippen LogP contribution is -2.52. The van der Waals surface area contributed by atoms with Gasteiger partial charge in [0, 0.05) is 29.3 Å². The van der Waals surface area contributed by atoms with Crippen LogP contribution < -0.4 is 20.2 Å². The standard InChI is InChI=1S/C20H19N3O3/c1-12-19(13-5-3-2-4-6-13)20-21-15(10-18(24)23(20)22-12)14-7-8-16-17(9-14)26-11-25-16/h2-10,12,19-22H,11H2,1H3. The average molecular weight is 349 g/mol. The fourth-order valence-electron chi connectivity index (χ4n) is 3.94.